The lowest BCUT2D eigenvalue weighted by molar-refractivity contribution is -0.125. The molecule has 0 spiro atoms. The van der Waals surface area contributed by atoms with Gasteiger partial charge in [-0.3, -0.25) is 19.2 Å². The zero-order valence-corrected chi connectivity index (χ0v) is 18.8. The molecule has 2 N–H and O–H groups in total. The lowest BCUT2D eigenvalue weighted by atomic mass is 10.00. The summed E-state index contributed by atoms with van der Waals surface area (Å²) in [5.74, 6) is -3.00. The minimum Gasteiger partial charge on any atom is -0.344 e. The van der Waals surface area contributed by atoms with Crippen LogP contribution >= 0.6 is 0 Å². The van der Waals surface area contributed by atoms with Crippen LogP contribution in [0.1, 0.15) is 58.4 Å². The van der Waals surface area contributed by atoms with Gasteiger partial charge in [-0.2, -0.15) is 0 Å². The van der Waals surface area contributed by atoms with Crippen LogP contribution in [0.3, 0.4) is 0 Å². The predicted molar refractivity (Wildman–Crippen MR) is 116 cm³/mol. The van der Waals surface area contributed by atoms with Crippen LogP contribution in [0, 0.1) is 32.5 Å². The number of benzene rings is 1. The third-order valence-electron chi connectivity index (χ3n) is 5.39. The molecule has 7 nitrogen and oxygen atoms in total. The van der Waals surface area contributed by atoms with E-state index in [2.05, 4.69) is 10.6 Å². The normalized spacial score (nSPS) is 11.9. The van der Waals surface area contributed by atoms with Crippen molar-refractivity contribution in [1.82, 2.24) is 9.88 Å². The molecule has 2 aromatic rings. The van der Waals surface area contributed by atoms with E-state index in [-0.39, 0.29) is 28.8 Å². The second-order valence-corrected chi connectivity index (χ2v) is 8.05. The third-order valence-corrected chi connectivity index (χ3v) is 5.39. The van der Waals surface area contributed by atoms with Gasteiger partial charge < -0.3 is 15.2 Å². The van der Waals surface area contributed by atoms with Gasteiger partial charge in [-0.1, -0.05) is 13.8 Å². The van der Waals surface area contributed by atoms with Crippen LogP contribution in [0.25, 0.3) is 0 Å². The van der Waals surface area contributed by atoms with E-state index in [0.717, 1.165) is 0 Å². The molecule has 1 aromatic heterocycles. The number of carbonyl (C=O) groups excluding carboxylic acids is 4. The lowest BCUT2D eigenvalue weighted by Gasteiger charge is -2.19. The molecule has 2 rings (SSSR count). The number of Topliss-reactive ketones (excluding diaryl/α,β-unsaturated/α-hetero) is 2. The van der Waals surface area contributed by atoms with Gasteiger partial charge in [-0.15, -0.1) is 0 Å². The van der Waals surface area contributed by atoms with E-state index < -0.39 is 23.6 Å². The average molecular weight is 429 g/mol. The quantitative estimate of drug-likeness (QED) is 0.522. The molecule has 0 saturated carbocycles. The number of amides is 2. The molecule has 1 atom stereocenters. The molecule has 0 fully saturated rings. The van der Waals surface area contributed by atoms with Gasteiger partial charge >= 0.3 is 0 Å². The number of nitrogens with one attached hydrogen (secondary N) is 2. The van der Waals surface area contributed by atoms with Crippen LogP contribution in [0.15, 0.2) is 18.2 Å². The Hall–Kier alpha value is -3.29. The standard InChI is InChI=1S/C23H28FN3O4/c1-11(2)19(15(6)28)26-23(31)21(29)20-13(4)18(14(5)27(20)7)22(30)25-16-8-9-17(24)12(3)10-16/h8-11,19H,1-7H3,(H,25,30)(H,26,31)/t19-/m1/s1. The number of carbonyl (C=O) groups is 4. The van der Waals surface area contributed by atoms with Gasteiger partial charge in [-0.25, -0.2) is 4.39 Å². The molecule has 1 heterocycles. The summed E-state index contributed by atoms with van der Waals surface area (Å²) < 4.78 is 15.0. The van der Waals surface area contributed by atoms with E-state index in [9.17, 15) is 23.6 Å². The van der Waals surface area contributed by atoms with E-state index in [1.54, 1.807) is 41.7 Å². The van der Waals surface area contributed by atoms with Gasteiger partial charge in [0, 0.05) is 18.4 Å². The van der Waals surface area contributed by atoms with Crippen LogP contribution in [-0.4, -0.2) is 34.0 Å². The Morgan fingerprint density at radius 3 is 2.19 bits per heavy atom. The first kappa shape index (κ1) is 24.0. The van der Waals surface area contributed by atoms with Crippen molar-refractivity contribution in [3.63, 3.8) is 0 Å². The number of nitrogens with zero attached hydrogens (tertiary/aromatic N) is 1. The topological polar surface area (TPSA) is 97.3 Å². The molecule has 2 amide bonds. The maximum absolute atomic E-state index is 13.5. The lowest BCUT2D eigenvalue weighted by Crippen LogP contribution is -2.46. The monoisotopic (exact) mass is 429 g/mol. The Labute approximate surface area is 181 Å². The molecule has 0 unspecified atom stereocenters. The zero-order valence-electron chi connectivity index (χ0n) is 18.8. The van der Waals surface area contributed by atoms with E-state index in [1.807, 2.05) is 0 Å². The summed E-state index contributed by atoms with van der Waals surface area (Å²) in [6.45, 7) is 9.74. The van der Waals surface area contributed by atoms with E-state index in [0.29, 0.717) is 22.5 Å². The van der Waals surface area contributed by atoms with Gasteiger partial charge in [0.05, 0.1) is 17.3 Å². The van der Waals surface area contributed by atoms with Gasteiger partial charge in [0.25, 0.3) is 17.6 Å². The number of anilines is 1. The number of aromatic nitrogens is 1. The van der Waals surface area contributed by atoms with E-state index in [4.69, 9.17) is 0 Å². The van der Waals surface area contributed by atoms with Crippen LogP contribution in [0.4, 0.5) is 10.1 Å². The summed E-state index contributed by atoms with van der Waals surface area (Å²) in [7, 11) is 1.59. The van der Waals surface area contributed by atoms with Crippen molar-refractivity contribution in [1.29, 1.82) is 0 Å². The molecule has 1 aromatic carbocycles. The highest BCUT2D eigenvalue weighted by Crippen LogP contribution is 2.24. The first-order valence-electron chi connectivity index (χ1n) is 9.95. The molecule has 0 bridgehead atoms. The second-order valence-electron chi connectivity index (χ2n) is 8.05. The molecule has 8 heteroatoms. The maximum atomic E-state index is 13.5. The van der Waals surface area contributed by atoms with Crippen LogP contribution < -0.4 is 10.6 Å². The van der Waals surface area contributed by atoms with Crippen LogP contribution in [0.2, 0.25) is 0 Å². The SMILES string of the molecule is CC(=O)[C@H](NC(=O)C(=O)c1c(C)c(C(=O)Nc2ccc(F)c(C)c2)c(C)n1C)C(C)C. The summed E-state index contributed by atoms with van der Waals surface area (Å²) in [6.07, 6.45) is 0. The van der Waals surface area contributed by atoms with Crippen molar-refractivity contribution >= 4 is 29.1 Å². The molecule has 31 heavy (non-hydrogen) atoms. The zero-order chi connectivity index (χ0) is 23.6. The van der Waals surface area contributed by atoms with Crippen molar-refractivity contribution in [2.45, 2.75) is 47.6 Å². The molecule has 0 saturated heterocycles. The number of hydrogen-bond acceptors (Lipinski definition) is 4. The summed E-state index contributed by atoms with van der Waals surface area (Å²) in [6, 6.07) is 3.44. The Morgan fingerprint density at radius 1 is 1.06 bits per heavy atom. The Morgan fingerprint density at radius 2 is 1.68 bits per heavy atom. The minimum absolute atomic E-state index is 0.0708. The average Bonchev–Trinajstić information content (AvgIpc) is 2.90. The summed E-state index contributed by atoms with van der Waals surface area (Å²) >= 11 is 0. The first-order chi connectivity index (χ1) is 14.4. The van der Waals surface area contributed by atoms with Gasteiger partial charge in [0.1, 0.15) is 5.82 Å². The highest BCUT2D eigenvalue weighted by Gasteiger charge is 2.31. The Balaban J connectivity index is 2.35. The van der Waals surface area contributed by atoms with Crippen molar-refractivity contribution in [3.8, 4) is 0 Å². The number of rotatable bonds is 7. The highest BCUT2D eigenvalue weighted by molar-refractivity contribution is 6.43. The van der Waals surface area contributed by atoms with E-state index in [1.165, 1.54) is 29.7 Å². The van der Waals surface area contributed by atoms with Crippen LogP contribution in [0.5, 0.6) is 0 Å². The molecular formula is C23H28FN3O4. The van der Waals surface area contributed by atoms with Crippen LogP contribution in [-0.2, 0) is 16.6 Å². The molecule has 0 aliphatic heterocycles. The minimum atomic E-state index is -0.904. The van der Waals surface area contributed by atoms with Gasteiger partial charge in [-0.05, 0) is 62.9 Å². The van der Waals surface area contributed by atoms with Gasteiger partial charge in [0.15, 0.2) is 5.78 Å². The number of ketones is 2. The largest absolute Gasteiger partial charge is 0.344 e. The third kappa shape index (κ3) is 4.90. The summed E-state index contributed by atoms with van der Waals surface area (Å²) in [5.41, 5.74) is 1.97. The molecule has 0 radical (unpaired) electrons. The van der Waals surface area contributed by atoms with E-state index >= 15 is 0 Å². The molecule has 0 aliphatic carbocycles. The predicted octanol–water partition coefficient (Wildman–Crippen LogP) is 3.25. The maximum Gasteiger partial charge on any atom is 0.294 e. The van der Waals surface area contributed by atoms with Crippen molar-refractivity contribution in [3.05, 3.63) is 52.1 Å². The second kappa shape index (κ2) is 9.24. The fourth-order valence-electron chi connectivity index (χ4n) is 3.60. The Bertz CT molecular complexity index is 1070. The highest BCUT2D eigenvalue weighted by atomic mass is 19.1. The molecular weight excluding hydrogens is 401 g/mol. The Kier molecular flexibility index (Phi) is 7.15. The molecule has 0 aliphatic rings. The number of hydrogen-bond donors (Lipinski definition) is 2. The van der Waals surface area contributed by atoms with Gasteiger partial charge in [0.2, 0.25) is 0 Å². The van der Waals surface area contributed by atoms with Crippen molar-refractivity contribution in [2.75, 3.05) is 5.32 Å². The number of aryl methyl sites for hydroxylation is 1. The fraction of sp³-hybridized carbons (Fsp3) is 0.391. The summed E-state index contributed by atoms with van der Waals surface area (Å²) in [5, 5.41) is 5.19. The van der Waals surface area contributed by atoms with Crippen molar-refractivity contribution in [2.24, 2.45) is 13.0 Å². The van der Waals surface area contributed by atoms with Crippen molar-refractivity contribution < 1.29 is 23.6 Å². The smallest absolute Gasteiger partial charge is 0.294 e. The molecule has 166 valence electrons. The fourth-order valence-corrected chi connectivity index (χ4v) is 3.60. The number of halogens is 1. The summed E-state index contributed by atoms with van der Waals surface area (Å²) in [4.78, 5) is 50.1. The first-order valence-corrected chi connectivity index (χ1v) is 9.95.